The average Bonchev–Trinajstić information content (AvgIpc) is 2.35. The summed E-state index contributed by atoms with van der Waals surface area (Å²) in [7, 11) is 0. The number of carbonyl (C=O) groups is 4. The number of thioether (sulfide) groups is 2. The summed E-state index contributed by atoms with van der Waals surface area (Å²) in [4.78, 5) is 45.0. The van der Waals surface area contributed by atoms with Crippen LogP contribution in [0.4, 0.5) is 0 Å². The Morgan fingerprint density at radius 2 is 1.76 bits per heavy atom. The molecule has 2 rings (SSSR count). The van der Waals surface area contributed by atoms with Crippen LogP contribution in [-0.4, -0.2) is 33.5 Å². The highest BCUT2D eigenvalue weighted by atomic mass is 32.2. The number of Topliss-reactive ketones (excluding diaryl/α,β-unsaturated/α-hetero) is 3. The van der Waals surface area contributed by atoms with Gasteiger partial charge in [0.05, 0.1) is 0 Å². The standard InChI is InChI=1S/C11H11O4S2/c12-8-7(5-6-3-1-2-4-16-6)17-11(15)10(14)9(8)13/h6H,1-5H2. The fraction of sp³-hybridized carbons (Fsp3) is 0.545. The van der Waals surface area contributed by atoms with E-state index in [9.17, 15) is 19.2 Å². The van der Waals surface area contributed by atoms with E-state index in [2.05, 4.69) is 0 Å². The summed E-state index contributed by atoms with van der Waals surface area (Å²) in [5.74, 6) is -2.06. The van der Waals surface area contributed by atoms with E-state index < -0.39 is 22.5 Å². The molecule has 0 bridgehead atoms. The molecule has 0 aliphatic carbocycles. The molecule has 0 aromatic heterocycles. The van der Waals surface area contributed by atoms with Gasteiger partial charge in [0.25, 0.3) is 16.7 Å². The molecule has 0 saturated carbocycles. The molecule has 0 spiro atoms. The van der Waals surface area contributed by atoms with Gasteiger partial charge in [0, 0.05) is 5.25 Å². The highest BCUT2D eigenvalue weighted by Gasteiger charge is 2.43. The van der Waals surface area contributed by atoms with Crippen LogP contribution in [0.1, 0.15) is 25.7 Å². The summed E-state index contributed by atoms with van der Waals surface area (Å²) < 4.78 is 0. The maximum absolute atomic E-state index is 11.6. The second-order valence-corrected chi connectivity index (χ2v) is 6.47. The molecule has 2 aliphatic rings. The molecule has 17 heavy (non-hydrogen) atoms. The summed E-state index contributed by atoms with van der Waals surface area (Å²) in [5, 5.41) is -0.270. The first kappa shape index (κ1) is 12.8. The molecule has 2 heterocycles. The van der Waals surface area contributed by atoms with Crippen molar-refractivity contribution in [1.29, 1.82) is 0 Å². The van der Waals surface area contributed by atoms with Crippen LogP contribution in [-0.2, 0) is 19.2 Å². The Labute approximate surface area is 107 Å². The summed E-state index contributed by atoms with van der Waals surface area (Å²) >= 11 is 2.41. The predicted octanol–water partition coefficient (Wildman–Crippen LogP) is 1.17. The van der Waals surface area contributed by atoms with Gasteiger partial charge in [-0.3, -0.25) is 19.2 Å². The second-order valence-electron chi connectivity index (χ2n) is 3.99. The van der Waals surface area contributed by atoms with Crippen LogP contribution in [0.5, 0.6) is 0 Å². The van der Waals surface area contributed by atoms with Crippen LogP contribution in [0.25, 0.3) is 0 Å². The van der Waals surface area contributed by atoms with Gasteiger partial charge in [-0.1, -0.05) is 18.2 Å². The fourth-order valence-electron chi connectivity index (χ4n) is 1.84. The average molecular weight is 271 g/mol. The maximum atomic E-state index is 11.6. The molecule has 91 valence electrons. The van der Waals surface area contributed by atoms with Crippen molar-refractivity contribution >= 4 is 46.0 Å². The van der Waals surface area contributed by atoms with Crippen LogP contribution < -0.4 is 0 Å². The highest BCUT2D eigenvalue weighted by molar-refractivity contribution is 8.19. The Morgan fingerprint density at radius 3 is 2.41 bits per heavy atom. The van der Waals surface area contributed by atoms with Crippen molar-refractivity contribution in [1.82, 2.24) is 0 Å². The van der Waals surface area contributed by atoms with Crippen molar-refractivity contribution in [2.24, 2.45) is 0 Å². The minimum Gasteiger partial charge on any atom is -0.289 e. The van der Waals surface area contributed by atoms with Gasteiger partial charge in [-0.2, -0.15) is 11.8 Å². The first-order chi connectivity index (χ1) is 8.09. The largest absolute Gasteiger partial charge is 0.289 e. The monoisotopic (exact) mass is 271 g/mol. The first-order valence-corrected chi connectivity index (χ1v) is 7.28. The Balaban J connectivity index is 2.00. The van der Waals surface area contributed by atoms with Gasteiger partial charge >= 0.3 is 0 Å². The molecule has 0 aromatic carbocycles. The number of hydrogen-bond donors (Lipinski definition) is 0. The molecule has 1 atom stereocenters. The molecule has 2 saturated heterocycles. The lowest BCUT2D eigenvalue weighted by molar-refractivity contribution is -0.146. The minimum atomic E-state index is -1.18. The van der Waals surface area contributed by atoms with Crippen molar-refractivity contribution in [2.75, 3.05) is 5.75 Å². The molecule has 2 aliphatic heterocycles. The zero-order valence-electron chi connectivity index (χ0n) is 9.06. The molecule has 4 nitrogen and oxygen atoms in total. The van der Waals surface area contributed by atoms with Gasteiger partial charge < -0.3 is 0 Å². The molecule has 1 radical (unpaired) electrons. The summed E-state index contributed by atoms with van der Waals surface area (Å²) in [6.07, 6.45) is 3.73. The zero-order chi connectivity index (χ0) is 12.4. The molecule has 0 amide bonds. The smallest absolute Gasteiger partial charge is 0.283 e. The van der Waals surface area contributed by atoms with E-state index in [1.54, 1.807) is 11.8 Å². The van der Waals surface area contributed by atoms with E-state index in [0.29, 0.717) is 23.4 Å². The van der Waals surface area contributed by atoms with Crippen molar-refractivity contribution in [2.45, 2.75) is 30.9 Å². The molecule has 0 N–H and O–H groups in total. The minimum absolute atomic E-state index is 0.249. The topological polar surface area (TPSA) is 68.3 Å². The van der Waals surface area contributed by atoms with Crippen LogP contribution >= 0.6 is 23.5 Å². The molecule has 1 unspecified atom stereocenters. The van der Waals surface area contributed by atoms with Crippen LogP contribution in [0.3, 0.4) is 0 Å². The molecule has 0 aromatic rings. The van der Waals surface area contributed by atoms with Crippen molar-refractivity contribution in [3.63, 3.8) is 0 Å². The predicted molar refractivity (Wildman–Crippen MR) is 65.6 cm³/mol. The Bertz CT molecular complexity index is 385. The number of rotatable bonds is 2. The summed E-state index contributed by atoms with van der Waals surface area (Å²) in [6, 6.07) is 0. The van der Waals surface area contributed by atoms with Gasteiger partial charge in [-0.05, 0) is 25.0 Å². The van der Waals surface area contributed by atoms with Gasteiger partial charge in [-0.25, -0.2) is 0 Å². The van der Waals surface area contributed by atoms with Crippen LogP contribution in [0, 0.1) is 5.25 Å². The van der Waals surface area contributed by atoms with E-state index in [-0.39, 0.29) is 5.25 Å². The van der Waals surface area contributed by atoms with E-state index in [1.807, 2.05) is 0 Å². The van der Waals surface area contributed by atoms with Crippen molar-refractivity contribution < 1.29 is 19.2 Å². The molecular weight excluding hydrogens is 260 g/mol. The van der Waals surface area contributed by atoms with Crippen molar-refractivity contribution in [3.05, 3.63) is 5.25 Å². The second kappa shape index (κ2) is 5.35. The fourth-order valence-corrected chi connectivity index (χ4v) is 4.14. The lowest BCUT2D eigenvalue weighted by atomic mass is 10.0. The van der Waals surface area contributed by atoms with E-state index in [1.165, 1.54) is 6.42 Å². The van der Waals surface area contributed by atoms with E-state index >= 15 is 0 Å². The molecular formula is C11H11O4S2. The summed E-state index contributed by atoms with van der Waals surface area (Å²) in [5.41, 5.74) is 0. The number of hydrogen-bond acceptors (Lipinski definition) is 6. The molecule has 6 heteroatoms. The van der Waals surface area contributed by atoms with Gasteiger partial charge in [0.1, 0.15) is 5.25 Å². The normalized spacial score (nSPS) is 27.6. The SMILES string of the molecule is O=C1S[C](CC2CCCCS2)C(=O)C(=O)C1=O. The Kier molecular flexibility index (Phi) is 4.04. The van der Waals surface area contributed by atoms with Crippen molar-refractivity contribution in [3.8, 4) is 0 Å². The maximum Gasteiger partial charge on any atom is 0.283 e. The molecule has 2 fully saturated rings. The third-order valence-corrected chi connectivity index (χ3v) is 5.12. The Hall–Kier alpha value is -0.620. The first-order valence-electron chi connectivity index (χ1n) is 5.42. The highest BCUT2D eigenvalue weighted by Crippen LogP contribution is 2.37. The quantitative estimate of drug-likeness (QED) is 0.702. The Morgan fingerprint density at radius 1 is 1.00 bits per heavy atom. The van der Waals surface area contributed by atoms with Gasteiger partial charge in [0.2, 0.25) is 5.78 Å². The summed E-state index contributed by atoms with van der Waals surface area (Å²) in [6.45, 7) is 0. The third kappa shape index (κ3) is 2.80. The van der Waals surface area contributed by atoms with E-state index in [4.69, 9.17) is 0 Å². The third-order valence-electron chi connectivity index (χ3n) is 2.75. The van der Waals surface area contributed by atoms with Crippen LogP contribution in [0.15, 0.2) is 0 Å². The number of carbonyl (C=O) groups excluding carboxylic acids is 4. The lowest BCUT2D eigenvalue weighted by Crippen LogP contribution is -2.38. The zero-order valence-corrected chi connectivity index (χ0v) is 10.7. The lowest BCUT2D eigenvalue weighted by Gasteiger charge is -2.25. The van der Waals surface area contributed by atoms with Crippen LogP contribution in [0.2, 0.25) is 0 Å². The van der Waals surface area contributed by atoms with Gasteiger partial charge in [0.15, 0.2) is 0 Å². The van der Waals surface area contributed by atoms with E-state index in [0.717, 1.165) is 18.6 Å². The van der Waals surface area contributed by atoms with Gasteiger partial charge in [-0.15, -0.1) is 0 Å². The number of ketones is 3.